The van der Waals surface area contributed by atoms with Gasteiger partial charge in [0.2, 0.25) is 0 Å². The summed E-state index contributed by atoms with van der Waals surface area (Å²) in [5, 5.41) is 11.4. The van der Waals surface area contributed by atoms with Gasteiger partial charge in [-0.2, -0.15) is 0 Å². The van der Waals surface area contributed by atoms with Crippen LogP contribution in [0.25, 0.3) is 5.76 Å². The number of aliphatic hydroxyl groups is 1. The van der Waals surface area contributed by atoms with Crippen LogP contribution in [0.3, 0.4) is 0 Å². The summed E-state index contributed by atoms with van der Waals surface area (Å²) in [6.45, 7) is 0. The lowest BCUT2D eigenvalue weighted by atomic mass is 9.94. The maximum Gasteiger partial charge on any atom is 0.337 e. The van der Waals surface area contributed by atoms with Crippen molar-refractivity contribution in [1.29, 1.82) is 0 Å². The number of benzene rings is 3. The number of esters is 1. The minimum absolute atomic E-state index is 0.126. The van der Waals surface area contributed by atoms with E-state index in [1.54, 1.807) is 48.5 Å². The first-order chi connectivity index (χ1) is 17.8. The number of carbonyl (C=O) groups is 3. The SMILES string of the molecule is COC(=O)c1ccc(N2C(=O)C(=O)/C(=C(/O)c3cc(OC)ccc3OC)C2c2ccc(OC)cc2)cc1. The molecule has 1 unspecified atom stereocenters. The monoisotopic (exact) mass is 503 g/mol. The van der Waals surface area contributed by atoms with Gasteiger partial charge in [-0.3, -0.25) is 14.5 Å². The topological polar surface area (TPSA) is 112 Å². The fraction of sp³-hybridized carbons (Fsp3) is 0.179. The van der Waals surface area contributed by atoms with Gasteiger partial charge in [0.25, 0.3) is 11.7 Å². The average Bonchev–Trinajstić information content (AvgIpc) is 3.21. The van der Waals surface area contributed by atoms with Crippen LogP contribution in [0, 0.1) is 0 Å². The summed E-state index contributed by atoms with van der Waals surface area (Å²) in [4.78, 5) is 39.9. The third-order valence-corrected chi connectivity index (χ3v) is 6.10. The number of aliphatic hydroxyl groups excluding tert-OH is 1. The molecule has 1 amide bonds. The Morgan fingerprint density at radius 2 is 1.43 bits per heavy atom. The Kier molecular flexibility index (Phi) is 7.15. The summed E-state index contributed by atoms with van der Waals surface area (Å²) >= 11 is 0. The van der Waals surface area contributed by atoms with Gasteiger partial charge in [0.1, 0.15) is 23.0 Å². The molecule has 190 valence electrons. The zero-order valence-electron chi connectivity index (χ0n) is 20.7. The van der Waals surface area contributed by atoms with E-state index in [4.69, 9.17) is 18.9 Å². The standard InChI is InChI=1S/C28H25NO8/c1-34-19-11-7-16(8-12-19)24-23(25(30)21-15-20(35-2)13-14-22(21)36-3)26(31)27(32)29(24)18-9-5-17(6-10-18)28(33)37-4/h5-15,24,30H,1-4H3/b25-23+. The van der Waals surface area contributed by atoms with Gasteiger partial charge in [0.05, 0.1) is 51.2 Å². The number of Topliss-reactive ketones (excluding diaryl/α,β-unsaturated/α-hetero) is 1. The van der Waals surface area contributed by atoms with Crippen molar-refractivity contribution in [3.05, 3.63) is 89.0 Å². The molecular formula is C28H25NO8. The van der Waals surface area contributed by atoms with Crippen LogP contribution in [0.1, 0.15) is 27.5 Å². The highest BCUT2D eigenvalue weighted by Crippen LogP contribution is 2.44. The summed E-state index contributed by atoms with van der Waals surface area (Å²) in [5.74, 6) is -1.36. The van der Waals surface area contributed by atoms with Crippen molar-refractivity contribution in [2.75, 3.05) is 33.3 Å². The number of hydrogen-bond donors (Lipinski definition) is 1. The summed E-state index contributed by atoms with van der Waals surface area (Å²) in [6, 6.07) is 16.7. The van der Waals surface area contributed by atoms with Crippen LogP contribution >= 0.6 is 0 Å². The zero-order valence-corrected chi connectivity index (χ0v) is 20.7. The lowest BCUT2D eigenvalue weighted by Gasteiger charge is -2.26. The molecule has 37 heavy (non-hydrogen) atoms. The Hall–Kier alpha value is -4.79. The predicted molar refractivity (Wildman–Crippen MR) is 135 cm³/mol. The fourth-order valence-corrected chi connectivity index (χ4v) is 4.22. The first-order valence-electron chi connectivity index (χ1n) is 11.2. The smallest absolute Gasteiger partial charge is 0.337 e. The summed E-state index contributed by atoms with van der Waals surface area (Å²) in [6.07, 6.45) is 0. The van der Waals surface area contributed by atoms with E-state index < -0.39 is 29.5 Å². The molecule has 3 aromatic rings. The Bertz CT molecular complexity index is 1380. The molecule has 3 aromatic carbocycles. The van der Waals surface area contributed by atoms with Gasteiger partial charge in [0.15, 0.2) is 0 Å². The first kappa shape index (κ1) is 25.3. The average molecular weight is 504 g/mol. The van der Waals surface area contributed by atoms with E-state index in [0.29, 0.717) is 28.5 Å². The molecule has 9 heteroatoms. The number of anilines is 1. The molecule has 9 nitrogen and oxygen atoms in total. The van der Waals surface area contributed by atoms with E-state index in [1.165, 1.54) is 51.5 Å². The van der Waals surface area contributed by atoms with Gasteiger partial charge in [0, 0.05) is 5.69 Å². The molecule has 0 radical (unpaired) electrons. The Morgan fingerprint density at radius 1 is 0.811 bits per heavy atom. The van der Waals surface area contributed by atoms with Crippen LogP contribution < -0.4 is 19.1 Å². The highest BCUT2D eigenvalue weighted by molar-refractivity contribution is 6.51. The lowest BCUT2D eigenvalue weighted by Crippen LogP contribution is -2.29. The summed E-state index contributed by atoms with van der Waals surface area (Å²) < 4.78 is 20.7. The largest absolute Gasteiger partial charge is 0.507 e. The Morgan fingerprint density at radius 3 is 2.00 bits per heavy atom. The molecule has 1 atom stereocenters. The van der Waals surface area contributed by atoms with Crippen molar-refractivity contribution in [3.8, 4) is 17.2 Å². The van der Waals surface area contributed by atoms with Gasteiger partial charge in [-0.05, 0) is 60.2 Å². The van der Waals surface area contributed by atoms with Gasteiger partial charge < -0.3 is 24.1 Å². The number of ketones is 1. The van der Waals surface area contributed by atoms with E-state index >= 15 is 0 Å². The van der Waals surface area contributed by atoms with Gasteiger partial charge in [-0.25, -0.2) is 4.79 Å². The molecule has 0 aliphatic carbocycles. The zero-order chi connectivity index (χ0) is 26.7. The van der Waals surface area contributed by atoms with Crippen LogP contribution in [-0.2, 0) is 14.3 Å². The van der Waals surface area contributed by atoms with Gasteiger partial charge in [-0.15, -0.1) is 0 Å². The quantitative estimate of drug-likeness (QED) is 0.222. The molecule has 1 aliphatic rings. The van der Waals surface area contributed by atoms with Crippen LogP contribution in [-0.4, -0.2) is 51.2 Å². The molecule has 1 saturated heterocycles. The fourth-order valence-electron chi connectivity index (χ4n) is 4.22. The van der Waals surface area contributed by atoms with E-state index in [9.17, 15) is 19.5 Å². The van der Waals surface area contributed by atoms with Crippen LogP contribution in [0.2, 0.25) is 0 Å². The number of rotatable bonds is 7. The Labute approximate surface area is 213 Å². The Balaban J connectivity index is 1.93. The molecule has 4 rings (SSSR count). The molecule has 1 N–H and O–H groups in total. The third-order valence-electron chi connectivity index (χ3n) is 6.10. The maximum atomic E-state index is 13.4. The molecule has 0 bridgehead atoms. The van der Waals surface area contributed by atoms with Crippen molar-refractivity contribution >= 4 is 29.1 Å². The van der Waals surface area contributed by atoms with E-state index in [1.807, 2.05) is 0 Å². The van der Waals surface area contributed by atoms with Crippen LogP contribution in [0.4, 0.5) is 5.69 Å². The summed E-state index contributed by atoms with van der Waals surface area (Å²) in [5.41, 5.74) is 1.26. The second kappa shape index (κ2) is 10.4. The van der Waals surface area contributed by atoms with Crippen molar-refractivity contribution < 1.29 is 38.4 Å². The first-order valence-corrected chi connectivity index (χ1v) is 11.2. The highest BCUT2D eigenvalue weighted by Gasteiger charge is 2.47. The molecule has 0 aromatic heterocycles. The van der Waals surface area contributed by atoms with Gasteiger partial charge >= 0.3 is 5.97 Å². The van der Waals surface area contributed by atoms with E-state index in [-0.39, 0.29) is 16.7 Å². The van der Waals surface area contributed by atoms with E-state index in [0.717, 1.165) is 0 Å². The minimum Gasteiger partial charge on any atom is -0.507 e. The second-order valence-electron chi connectivity index (χ2n) is 8.05. The normalized spacial score (nSPS) is 16.4. The van der Waals surface area contributed by atoms with Crippen molar-refractivity contribution in [2.24, 2.45) is 0 Å². The number of ether oxygens (including phenoxy) is 4. The predicted octanol–water partition coefficient (Wildman–Crippen LogP) is 4.13. The number of carbonyl (C=O) groups excluding carboxylic acids is 3. The van der Waals surface area contributed by atoms with Crippen molar-refractivity contribution in [1.82, 2.24) is 0 Å². The third kappa shape index (κ3) is 4.58. The molecular weight excluding hydrogens is 478 g/mol. The maximum absolute atomic E-state index is 13.4. The number of methoxy groups -OCH3 is 4. The lowest BCUT2D eigenvalue weighted by molar-refractivity contribution is -0.132. The number of nitrogens with zero attached hydrogens (tertiary/aromatic N) is 1. The molecule has 0 saturated carbocycles. The highest BCUT2D eigenvalue weighted by atomic mass is 16.5. The molecule has 1 aliphatic heterocycles. The number of hydrogen-bond acceptors (Lipinski definition) is 8. The van der Waals surface area contributed by atoms with Crippen molar-refractivity contribution in [2.45, 2.75) is 6.04 Å². The van der Waals surface area contributed by atoms with Crippen molar-refractivity contribution in [3.63, 3.8) is 0 Å². The molecule has 0 spiro atoms. The number of amides is 1. The molecule has 1 heterocycles. The van der Waals surface area contributed by atoms with Gasteiger partial charge in [-0.1, -0.05) is 12.1 Å². The summed E-state index contributed by atoms with van der Waals surface area (Å²) in [7, 11) is 5.70. The van der Waals surface area contributed by atoms with E-state index in [2.05, 4.69) is 0 Å². The van der Waals surface area contributed by atoms with Crippen LogP contribution in [0.15, 0.2) is 72.3 Å². The second-order valence-corrected chi connectivity index (χ2v) is 8.05. The van der Waals surface area contributed by atoms with Crippen LogP contribution in [0.5, 0.6) is 17.2 Å². The minimum atomic E-state index is -0.981. The molecule has 1 fully saturated rings.